The summed E-state index contributed by atoms with van der Waals surface area (Å²) in [5.74, 6) is -39.8. The molecule has 0 unspecified atom stereocenters. The maximum Gasteiger partial charge on any atom is 0.423 e. The molecule has 236 valence electrons. The third-order valence-electron chi connectivity index (χ3n) is 5.12. The number of benzene rings is 3. The largest absolute Gasteiger partial charge is 0.449 e. The van der Waals surface area contributed by atoms with Crippen LogP contribution in [0.1, 0.15) is 16.7 Å². The second-order valence-electron chi connectivity index (χ2n) is 7.79. The Hall–Kier alpha value is -4.40. The predicted octanol–water partition coefficient (Wildman–Crippen LogP) is 8.74. The van der Waals surface area contributed by atoms with E-state index in [1.54, 1.807) is 0 Å². The number of hydrogen-bond donors (Lipinski definition) is 2. The molecule has 4 N–H and O–H groups in total. The molecule has 0 atom stereocenters. The van der Waals surface area contributed by atoms with Gasteiger partial charge in [-0.15, -0.1) is 0 Å². The van der Waals surface area contributed by atoms with Gasteiger partial charge < -0.3 is 20.9 Å². The second-order valence-corrected chi connectivity index (χ2v) is 7.79. The third-order valence-corrected chi connectivity index (χ3v) is 5.12. The van der Waals surface area contributed by atoms with Crippen molar-refractivity contribution in [1.29, 1.82) is 0 Å². The van der Waals surface area contributed by atoms with E-state index in [1.165, 1.54) is 0 Å². The van der Waals surface area contributed by atoms with Crippen LogP contribution < -0.4 is 20.9 Å². The number of anilines is 2. The van der Waals surface area contributed by atoms with Gasteiger partial charge in [-0.3, -0.25) is 0 Å². The highest BCUT2D eigenvalue weighted by molar-refractivity contribution is 5.58. The summed E-state index contributed by atoms with van der Waals surface area (Å²) in [6, 6.07) is 0. The standard InChI is InChI=1S/C21H4F18N2O2/c22-4-1(19(31,32)33)15(10(28)13(40)7(4)25)42-17-3(21(37,38)39)6(24)9(27)18(12(17)30)43-16-2(20(34,35)36)5(23)8(26)14(41)11(16)29/h40-41H2. The molecule has 0 aliphatic heterocycles. The van der Waals surface area contributed by atoms with Crippen LogP contribution in [0.15, 0.2) is 0 Å². The van der Waals surface area contributed by atoms with Crippen molar-refractivity contribution in [1.82, 2.24) is 0 Å². The van der Waals surface area contributed by atoms with E-state index in [1.807, 2.05) is 0 Å². The van der Waals surface area contributed by atoms with Crippen molar-refractivity contribution in [3.8, 4) is 23.0 Å². The molecular weight excluding hydrogens is 654 g/mol. The molecular formula is C21H4F18N2O2. The van der Waals surface area contributed by atoms with Gasteiger partial charge in [0.15, 0.2) is 58.0 Å². The maximum absolute atomic E-state index is 15.2. The average molecular weight is 658 g/mol. The maximum atomic E-state index is 15.2. The summed E-state index contributed by atoms with van der Waals surface area (Å²) >= 11 is 0. The minimum absolute atomic E-state index is 2.20. The number of ether oxygens (including phenoxy) is 2. The van der Waals surface area contributed by atoms with Gasteiger partial charge in [0.05, 0.1) is 0 Å². The normalized spacial score (nSPS) is 12.6. The summed E-state index contributed by atoms with van der Waals surface area (Å²) in [6.45, 7) is 0. The van der Waals surface area contributed by atoms with Crippen molar-refractivity contribution in [2.75, 3.05) is 11.5 Å². The lowest BCUT2D eigenvalue weighted by atomic mass is 10.1. The number of nitrogens with two attached hydrogens (primary N) is 2. The first-order valence-corrected chi connectivity index (χ1v) is 10.0. The Kier molecular flexibility index (Phi) is 8.01. The quantitative estimate of drug-likeness (QED) is 0.167. The third kappa shape index (κ3) is 5.44. The van der Waals surface area contributed by atoms with Crippen molar-refractivity contribution in [3.63, 3.8) is 0 Å². The smallest absolute Gasteiger partial charge is 0.423 e. The highest BCUT2D eigenvalue weighted by Crippen LogP contribution is 2.52. The van der Waals surface area contributed by atoms with Crippen LogP contribution in [0, 0.1) is 52.4 Å². The van der Waals surface area contributed by atoms with Crippen LogP contribution in [-0.4, -0.2) is 0 Å². The van der Waals surface area contributed by atoms with Crippen LogP contribution in [-0.2, 0) is 18.5 Å². The molecule has 3 aromatic carbocycles. The van der Waals surface area contributed by atoms with E-state index in [-0.39, 0.29) is 0 Å². The lowest BCUT2D eigenvalue weighted by Crippen LogP contribution is -2.19. The molecule has 22 heteroatoms. The predicted molar refractivity (Wildman–Crippen MR) is 103 cm³/mol. The number of halogens is 18. The van der Waals surface area contributed by atoms with Crippen LogP contribution in [0.4, 0.5) is 90.4 Å². The first-order valence-electron chi connectivity index (χ1n) is 10.0. The number of rotatable bonds is 4. The Morgan fingerprint density at radius 2 is 0.581 bits per heavy atom. The monoisotopic (exact) mass is 658 g/mol. The Labute approximate surface area is 223 Å². The molecule has 0 heterocycles. The van der Waals surface area contributed by atoms with E-state index in [0.29, 0.717) is 0 Å². The van der Waals surface area contributed by atoms with Gasteiger partial charge in [-0.25, -0.2) is 30.7 Å². The summed E-state index contributed by atoms with van der Waals surface area (Å²) < 4.78 is 257. The van der Waals surface area contributed by atoms with Gasteiger partial charge in [0.25, 0.3) is 0 Å². The Bertz CT molecular complexity index is 1640. The molecule has 0 saturated heterocycles. The molecule has 0 radical (unpaired) electrons. The zero-order valence-corrected chi connectivity index (χ0v) is 19.3. The van der Waals surface area contributed by atoms with E-state index in [0.717, 1.165) is 0 Å². The van der Waals surface area contributed by atoms with Gasteiger partial charge >= 0.3 is 18.5 Å². The summed E-state index contributed by atoms with van der Waals surface area (Å²) in [5.41, 5.74) is -5.02. The minimum atomic E-state index is -6.46. The van der Waals surface area contributed by atoms with Crippen LogP contribution in [0.3, 0.4) is 0 Å². The summed E-state index contributed by atoms with van der Waals surface area (Å²) in [6.07, 6.45) is -19.1. The van der Waals surface area contributed by atoms with E-state index >= 15 is 4.39 Å². The topological polar surface area (TPSA) is 70.5 Å². The molecule has 43 heavy (non-hydrogen) atoms. The molecule has 0 bridgehead atoms. The summed E-state index contributed by atoms with van der Waals surface area (Å²) in [4.78, 5) is 0. The minimum Gasteiger partial charge on any atom is -0.449 e. The number of nitrogen functional groups attached to an aromatic ring is 2. The summed E-state index contributed by atoms with van der Waals surface area (Å²) in [5, 5.41) is 0. The fourth-order valence-electron chi connectivity index (χ4n) is 3.27. The van der Waals surface area contributed by atoms with E-state index in [2.05, 4.69) is 20.9 Å². The molecule has 4 nitrogen and oxygen atoms in total. The highest BCUT2D eigenvalue weighted by atomic mass is 19.4. The van der Waals surface area contributed by atoms with Crippen LogP contribution in [0.25, 0.3) is 0 Å². The van der Waals surface area contributed by atoms with Gasteiger partial charge in [-0.1, -0.05) is 0 Å². The fraction of sp³-hybridized carbons (Fsp3) is 0.143. The molecule has 0 aliphatic carbocycles. The van der Waals surface area contributed by atoms with Gasteiger partial charge in [-0.05, 0) is 0 Å². The summed E-state index contributed by atoms with van der Waals surface area (Å²) in [7, 11) is 0. The highest BCUT2D eigenvalue weighted by Gasteiger charge is 2.48. The average Bonchev–Trinajstić information content (AvgIpc) is 2.85. The number of alkyl halides is 9. The first-order chi connectivity index (χ1) is 19.3. The van der Waals surface area contributed by atoms with Crippen molar-refractivity contribution < 1.29 is 88.5 Å². The van der Waals surface area contributed by atoms with E-state index in [4.69, 9.17) is 0 Å². The SMILES string of the molecule is Nc1c(F)c(F)c(C(F)(F)F)c(Oc2c(F)c(F)c(C(F)(F)F)c(Oc3c(F)c(N)c(F)c(F)c3C(F)(F)F)c2F)c1F. The zero-order chi connectivity index (χ0) is 33.3. The molecule has 0 amide bonds. The fourth-order valence-corrected chi connectivity index (χ4v) is 3.27. The van der Waals surface area contributed by atoms with E-state index in [9.17, 15) is 74.6 Å². The van der Waals surface area contributed by atoms with Crippen molar-refractivity contribution in [3.05, 3.63) is 69.0 Å². The Balaban J connectivity index is 2.49. The Morgan fingerprint density at radius 1 is 0.326 bits per heavy atom. The van der Waals surface area contributed by atoms with Gasteiger partial charge in [-0.2, -0.15) is 48.3 Å². The molecule has 0 fully saturated rings. The first kappa shape index (κ1) is 33.1. The van der Waals surface area contributed by atoms with Crippen molar-refractivity contribution in [2.45, 2.75) is 18.5 Å². The molecule has 3 aromatic rings. The molecule has 0 saturated carbocycles. The molecule has 3 rings (SSSR count). The molecule has 0 aromatic heterocycles. The van der Waals surface area contributed by atoms with Crippen LogP contribution in [0.5, 0.6) is 23.0 Å². The number of hydrogen-bond acceptors (Lipinski definition) is 4. The molecule has 0 spiro atoms. The van der Waals surface area contributed by atoms with Crippen LogP contribution >= 0.6 is 0 Å². The Morgan fingerprint density at radius 3 is 0.884 bits per heavy atom. The lowest BCUT2D eigenvalue weighted by Gasteiger charge is -2.22. The second kappa shape index (κ2) is 10.4. The van der Waals surface area contributed by atoms with Crippen molar-refractivity contribution >= 4 is 11.4 Å². The zero-order valence-electron chi connectivity index (χ0n) is 19.3. The molecule has 0 aliphatic rings. The van der Waals surface area contributed by atoms with Gasteiger partial charge in [0.2, 0.25) is 17.4 Å². The van der Waals surface area contributed by atoms with Crippen molar-refractivity contribution in [2.24, 2.45) is 0 Å². The van der Waals surface area contributed by atoms with Gasteiger partial charge in [0.1, 0.15) is 28.1 Å². The van der Waals surface area contributed by atoms with Crippen LogP contribution in [0.2, 0.25) is 0 Å². The van der Waals surface area contributed by atoms with Gasteiger partial charge in [0, 0.05) is 0 Å². The van der Waals surface area contributed by atoms with E-state index < -0.39 is 122 Å². The lowest BCUT2D eigenvalue weighted by molar-refractivity contribution is -0.143.